The summed E-state index contributed by atoms with van der Waals surface area (Å²) in [7, 11) is 1.60. The van der Waals surface area contributed by atoms with Crippen molar-refractivity contribution in [1.29, 1.82) is 0 Å². The molecular formula is C11H15N3O3S. The standard InChI is InChI=1S/C11H15N3O3S/c1-8(17-2)7-12-11(18)13-9-5-3-4-6-10(9)14(15)16/h3-6,8H,7H2,1-2H3,(H2,12,13,18). The number of ether oxygens (including phenoxy) is 1. The monoisotopic (exact) mass is 269 g/mol. The van der Waals surface area contributed by atoms with Gasteiger partial charge in [-0.25, -0.2) is 0 Å². The minimum Gasteiger partial charge on any atom is -0.380 e. The molecule has 1 aromatic carbocycles. The Labute approximate surface area is 110 Å². The van der Waals surface area contributed by atoms with Gasteiger partial charge in [0.1, 0.15) is 5.69 Å². The summed E-state index contributed by atoms with van der Waals surface area (Å²) in [6.45, 7) is 2.42. The summed E-state index contributed by atoms with van der Waals surface area (Å²) in [6, 6.07) is 6.33. The second-order valence-electron chi connectivity index (χ2n) is 3.66. The number of nitrogens with zero attached hydrogens (tertiary/aromatic N) is 1. The molecule has 0 heterocycles. The van der Waals surface area contributed by atoms with Crippen molar-refractivity contribution in [2.45, 2.75) is 13.0 Å². The molecule has 0 bridgehead atoms. The second kappa shape index (κ2) is 6.87. The summed E-state index contributed by atoms with van der Waals surface area (Å²) in [5.41, 5.74) is 0.353. The third-order valence-electron chi connectivity index (χ3n) is 2.30. The van der Waals surface area contributed by atoms with E-state index in [-0.39, 0.29) is 11.8 Å². The van der Waals surface area contributed by atoms with Crippen molar-refractivity contribution in [1.82, 2.24) is 5.32 Å². The topological polar surface area (TPSA) is 76.4 Å². The lowest BCUT2D eigenvalue weighted by molar-refractivity contribution is -0.383. The Morgan fingerprint density at radius 1 is 1.56 bits per heavy atom. The van der Waals surface area contributed by atoms with Crippen LogP contribution in [-0.4, -0.2) is 29.8 Å². The molecule has 6 nitrogen and oxygen atoms in total. The summed E-state index contributed by atoms with van der Waals surface area (Å²) in [4.78, 5) is 10.3. The van der Waals surface area contributed by atoms with Crippen molar-refractivity contribution in [2.75, 3.05) is 19.0 Å². The number of hydrogen-bond donors (Lipinski definition) is 2. The first-order chi connectivity index (χ1) is 8.54. The first-order valence-electron chi connectivity index (χ1n) is 5.35. The Morgan fingerprint density at radius 3 is 2.83 bits per heavy atom. The van der Waals surface area contributed by atoms with Crippen LogP contribution in [0, 0.1) is 10.1 Å². The van der Waals surface area contributed by atoms with Gasteiger partial charge in [-0.3, -0.25) is 10.1 Å². The molecule has 7 heteroatoms. The molecule has 2 N–H and O–H groups in total. The van der Waals surface area contributed by atoms with Crippen LogP contribution >= 0.6 is 12.2 Å². The number of nitro benzene ring substituents is 1. The van der Waals surface area contributed by atoms with Crippen LogP contribution in [0.15, 0.2) is 24.3 Å². The van der Waals surface area contributed by atoms with E-state index in [2.05, 4.69) is 10.6 Å². The molecule has 1 unspecified atom stereocenters. The molecule has 18 heavy (non-hydrogen) atoms. The van der Waals surface area contributed by atoms with E-state index in [1.54, 1.807) is 25.3 Å². The lowest BCUT2D eigenvalue weighted by atomic mass is 10.3. The summed E-state index contributed by atoms with van der Waals surface area (Å²) in [6.07, 6.45) is 0.00973. The van der Waals surface area contributed by atoms with Crippen molar-refractivity contribution in [2.24, 2.45) is 0 Å². The third kappa shape index (κ3) is 4.27. The van der Waals surface area contributed by atoms with Gasteiger partial charge in [0.2, 0.25) is 0 Å². The van der Waals surface area contributed by atoms with Crippen molar-refractivity contribution in [3.8, 4) is 0 Å². The molecular weight excluding hydrogens is 254 g/mol. The number of methoxy groups -OCH3 is 1. The Kier molecular flexibility index (Phi) is 5.47. The number of nitro groups is 1. The quantitative estimate of drug-likeness (QED) is 0.483. The van der Waals surface area contributed by atoms with E-state index in [0.29, 0.717) is 17.3 Å². The van der Waals surface area contributed by atoms with Crippen molar-refractivity contribution in [3.05, 3.63) is 34.4 Å². The molecule has 0 radical (unpaired) electrons. The first-order valence-corrected chi connectivity index (χ1v) is 5.76. The largest absolute Gasteiger partial charge is 0.380 e. The van der Waals surface area contributed by atoms with Gasteiger partial charge in [0.05, 0.1) is 11.0 Å². The maximum atomic E-state index is 10.8. The van der Waals surface area contributed by atoms with Crippen LogP contribution < -0.4 is 10.6 Å². The van der Waals surface area contributed by atoms with E-state index in [0.717, 1.165) is 0 Å². The molecule has 0 saturated heterocycles. The summed E-state index contributed by atoms with van der Waals surface area (Å²) in [5, 5.41) is 16.8. The molecule has 1 atom stereocenters. The number of para-hydroxylation sites is 2. The van der Waals surface area contributed by atoms with Gasteiger partial charge in [-0.05, 0) is 25.2 Å². The highest BCUT2D eigenvalue weighted by atomic mass is 32.1. The fourth-order valence-corrected chi connectivity index (χ4v) is 1.42. The average molecular weight is 269 g/mol. The van der Waals surface area contributed by atoms with Gasteiger partial charge in [0.25, 0.3) is 5.69 Å². The van der Waals surface area contributed by atoms with Crippen molar-refractivity contribution >= 4 is 28.7 Å². The summed E-state index contributed by atoms with van der Waals surface area (Å²) < 4.78 is 5.05. The molecule has 1 rings (SSSR count). The van der Waals surface area contributed by atoms with E-state index in [1.807, 2.05) is 6.92 Å². The molecule has 0 aliphatic rings. The molecule has 1 aromatic rings. The first kappa shape index (κ1) is 14.3. The number of hydrogen-bond acceptors (Lipinski definition) is 4. The maximum absolute atomic E-state index is 10.8. The molecule has 0 saturated carbocycles. The van der Waals surface area contributed by atoms with Crippen LogP contribution in [0.2, 0.25) is 0 Å². The SMILES string of the molecule is COC(C)CNC(=S)Nc1ccccc1[N+](=O)[O-]. The highest BCUT2D eigenvalue weighted by molar-refractivity contribution is 7.80. The van der Waals surface area contributed by atoms with E-state index >= 15 is 0 Å². The molecule has 0 aliphatic heterocycles. The smallest absolute Gasteiger partial charge is 0.292 e. The minimum atomic E-state index is -0.456. The maximum Gasteiger partial charge on any atom is 0.292 e. The number of rotatable bonds is 5. The van der Waals surface area contributed by atoms with E-state index < -0.39 is 4.92 Å². The average Bonchev–Trinajstić information content (AvgIpc) is 2.36. The van der Waals surface area contributed by atoms with E-state index in [1.165, 1.54) is 6.07 Å². The second-order valence-corrected chi connectivity index (χ2v) is 4.06. The fraction of sp³-hybridized carbons (Fsp3) is 0.364. The Morgan fingerprint density at radius 2 is 2.22 bits per heavy atom. The number of anilines is 1. The van der Waals surface area contributed by atoms with Crippen molar-refractivity contribution < 1.29 is 9.66 Å². The zero-order valence-corrected chi connectivity index (χ0v) is 11.0. The van der Waals surface area contributed by atoms with Gasteiger partial charge < -0.3 is 15.4 Å². The van der Waals surface area contributed by atoms with Gasteiger partial charge in [-0.2, -0.15) is 0 Å². The van der Waals surface area contributed by atoms with Crippen molar-refractivity contribution in [3.63, 3.8) is 0 Å². The molecule has 0 amide bonds. The highest BCUT2D eigenvalue weighted by Gasteiger charge is 2.13. The fourth-order valence-electron chi connectivity index (χ4n) is 1.22. The van der Waals surface area contributed by atoms with Crippen LogP contribution in [0.4, 0.5) is 11.4 Å². The highest BCUT2D eigenvalue weighted by Crippen LogP contribution is 2.22. The van der Waals surface area contributed by atoms with Gasteiger partial charge in [-0.1, -0.05) is 12.1 Å². The third-order valence-corrected chi connectivity index (χ3v) is 2.55. The zero-order valence-electron chi connectivity index (χ0n) is 10.2. The molecule has 0 spiro atoms. The predicted octanol–water partition coefficient (Wildman–Crippen LogP) is 1.92. The number of thiocarbonyl (C=S) groups is 1. The van der Waals surface area contributed by atoms with Crippen LogP contribution in [0.25, 0.3) is 0 Å². The van der Waals surface area contributed by atoms with Gasteiger partial charge >= 0.3 is 0 Å². The molecule has 0 aliphatic carbocycles. The lowest BCUT2D eigenvalue weighted by Gasteiger charge is -2.13. The molecule has 98 valence electrons. The molecule has 0 aromatic heterocycles. The van der Waals surface area contributed by atoms with E-state index in [4.69, 9.17) is 17.0 Å². The molecule has 0 fully saturated rings. The summed E-state index contributed by atoms with van der Waals surface area (Å²) >= 11 is 5.05. The van der Waals surface area contributed by atoms with Gasteiger partial charge in [-0.15, -0.1) is 0 Å². The van der Waals surface area contributed by atoms with E-state index in [9.17, 15) is 10.1 Å². The van der Waals surface area contributed by atoms with Crippen LogP contribution in [0.5, 0.6) is 0 Å². The van der Waals surface area contributed by atoms with Crippen LogP contribution in [-0.2, 0) is 4.74 Å². The minimum absolute atomic E-state index is 0.00973. The van der Waals surface area contributed by atoms with Crippen LogP contribution in [0.1, 0.15) is 6.92 Å². The number of benzene rings is 1. The Bertz CT molecular complexity index is 439. The predicted molar refractivity (Wildman–Crippen MR) is 73.8 cm³/mol. The normalized spacial score (nSPS) is 11.7. The Hall–Kier alpha value is -1.73. The lowest BCUT2D eigenvalue weighted by Crippen LogP contribution is -2.34. The Balaban J connectivity index is 2.62. The zero-order chi connectivity index (χ0) is 13.5. The number of nitrogens with one attached hydrogen (secondary N) is 2. The van der Waals surface area contributed by atoms with Gasteiger partial charge in [0.15, 0.2) is 5.11 Å². The van der Waals surface area contributed by atoms with Gasteiger partial charge in [0, 0.05) is 19.7 Å². The summed E-state index contributed by atoms with van der Waals surface area (Å²) in [5.74, 6) is 0. The van der Waals surface area contributed by atoms with Crippen LogP contribution in [0.3, 0.4) is 0 Å².